The smallest absolute Gasteiger partial charge is 0.326 e. The van der Waals surface area contributed by atoms with Crippen LogP contribution < -0.4 is 16.4 Å². The number of hydrogen-bond acceptors (Lipinski definition) is 7. The lowest BCUT2D eigenvalue weighted by Crippen LogP contribution is -2.57. The number of carboxylic acid groups (broad SMARTS) is 1. The van der Waals surface area contributed by atoms with E-state index in [1.807, 2.05) is 18.2 Å². The number of carboxylic acids is 1. The first kappa shape index (κ1) is 26.6. The fourth-order valence-corrected chi connectivity index (χ4v) is 4.16. The predicted octanol–water partition coefficient (Wildman–Crippen LogP) is 0.627. The van der Waals surface area contributed by atoms with Crippen molar-refractivity contribution in [2.24, 2.45) is 11.7 Å². The van der Waals surface area contributed by atoms with Gasteiger partial charge >= 0.3 is 5.97 Å². The number of rotatable bonds is 13. The number of aliphatic carboxylic acids is 1. The second kappa shape index (κ2) is 13.2. The molecule has 6 N–H and O–H groups in total. The van der Waals surface area contributed by atoms with Crippen molar-refractivity contribution in [1.82, 2.24) is 15.5 Å². The molecule has 8 nitrogen and oxygen atoms in total. The number of nitrogens with one attached hydrogen (secondary N) is 2. The summed E-state index contributed by atoms with van der Waals surface area (Å²) in [4.78, 5) is 26.8. The van der Waals surface area contributed by atoms with Gasteiger partial charge in [-0.3, -0.25) is 9.69 Å². The monoisotopic (exact) mass is 466 g/mol. The van der Waals surface area contributed by atoms with Gasteiger partial charge in [-0.25, -0.2) is 4.79 Å². The van der Waals surface area contributed by atoms with Crippen LogP contribution in [-0.4, -0.2) is 76.6 Å². The summed E-state index contributed by atoms with van der Waals surface area (Å²) < 4.78 is 0. The summed E-state index contributed by atoms with van der Waals surface area (Å²) in [5, 5.41) is 24.8. The molecule has 0 bridgehead atoms. The summed E-state index contributed by atoms with van der Waals surface area (Å²) in [6.45, 7) is 5.90. The Morgan fingerprint density at radius 1 is 1.31 bits per heavy atom. The summed E-state index contributed by atoms with van der Waals surface area (Å²) >= 11 is 4.27. The number of fused-ring (bicyclic) bond motifs is 1. The van der Waals surface area contributed by atoms with E-state index in [-0.39, 0.29) is 31.0 Å². The standard InChI is InChI=1S/C23H38N4O4S/c1-3-15(2)20(25-11-18(24)14-32)13-27-12-17-7-5-4-6-16(17)10-21(27)22(29)26-19(8-9-28)23(30)31/h4-7,15,18-21,25,28,32H,3,8-14,24H2,1-2H3,(H,26,29)(H,30,31)/t15-,18+,19-,20+,21?/m0/s1. The summed E-state index contributed by atoms with van der Waals surface area (Å²) in [6, 6.07) is 6.52. The molecule has 1 aliphatic rings. The van der Waals surface area contributed by atoms with Crippen LogP contribution in [0, 0.1) is 5.92 Å². The number of thiol groups is 1. The van der Waals surface area contributed by atoms with Crippen molar-refractivity contribution in [2.75, 3.05) is 25.4 Å². The molecule has 0 saturated heterocycles. The van der Waals surface area contributed by atoms with Crippen LogP contribution in [0.4, 0.5) is 0 Å². The molecule has 1 unspecified atom stereocenters. The average molecular weight is 467 g/mol. The number of nitrogens with two attached hydrogens (primary N) is 1. The van der Waals surface area contributed by atoms with E-state index >= 15 is 0 Å². The van der Waals surface area contributed by atoms with Gasteiger partial charge in [0, 0.05) is 50.5 Å². The highest BCUT2D eigenvalue weighted by Crippen LogP contribution is 2.25. The van der Waals surface area contributed by atoms with E-state index in [2.05, 4.69) is 48.1 Å². The number of benzene rings is 1. The number of nitrogens with zero attached hydrogens (tertiary/aromatic N) is 1. The topological polar surface area (TPSA) is 128 Å². The van der Waals surface area contributed by atoms with E-state index in [0.29, 0.717) is 37.7 Å². The zero-order chi connectivity index (χ0) is 23.7. The maximum Gasteiger partial charge on any atom is 0.326 e. The molecular formula is C23H38N4O4S. The van der Waals surface area contributed by atoms with E-state index in [4.69, 9.17) is 5.73 Å². The van der Waals surface area contributed by atoms with E-state index in [1.54, 1.807) is 0 Å². The Morgan fingerprint density at radius 2 is 2.00 bits per heavy atom. The van der Waals surface area contributed by atoms with Crippen LogP contribution >= 0.6 is 12.6 Å². The molecule has 32 heavy (non-hydrogen) atoms. The van der Waals surface area contributed by atoms with E-state index in [9.17, 15) is 19.8 Å². The first-order chi connectivity index (χ1) is 15.3. The molecule has 180 valence electrons. The van der Waals surface area contributed by atoms with Crippen molar-refractivity contribution in [3.8, 4) is 0 Å². The average Bonchev–Trinajstić information content (AvgIpc) is 2.79. The zero-order valence-corrected chi connectivity index (χ0v) is 19.9. The van der Waals surface area contributed by atoms with Crippen LogP contribution in [0.3, 0.4) is 0 Å². The summed E-state index contributed by atoms with van der Waals surface area (Å²) in [7, 11) is 0. The minimum Gasteiger partial charge on any atom is -0.480 e. The summed E-state index contributed by atoms with van der Waals surface area (Å²) in [5.41, 5.74) is 8.33. The highest BCUT2D eigenvalue weighted by Gasteiger charge is 2.35. The minimum atomic E-state index is -1.14. The van der Waals surface area contributed by atoms with E-state index in [0.717, 1.165) is 12.0 Å². The zero-order valence-electron chi connectivity index (χ0n) is 19.0. The minimum absolute atomic E-state index is 0.0248. The van der Waals surface area contributed by atoms with Gasteiger partial charge in [-0.15, -0.1) is 0 Å². The van der Waals surface area contributed by atoms with Crippen molar-refractivity contribution in [2.45, 2.75) is 63.8 Å². The first-order valence-corrected chi connectivity index (χ1v) is 12.0. The number of aliphatic hydroxyl groups is 1. The molecule has 1 aromatic rings. The third-order valence-corrected chi connectivity index (χ3v) is 6.79. The van der Waals surface area contributed by atoms with Crippen LogP contribution in [0.15, 0.2) is 24.3 Å². The summed E-state index contributed by atoms with van der Waals surface area (Å²) in [6.07, 6.45) is 1.46. The quantitative estimate of drug-likeness (QED) is 0.235. The molecule has 9 heteroatoms. The van der Waals surface area contributed by atoms with E-state index in [1.165, 1.54) is 5.56 Å². The van der Waals surface area contributed by atoms with Crippen LogP contribution in [0.25, 0.3) is 0 Å². The van der Waals surface area contributed by atoms with Crippen LogP contribution in [0.5, 0.6) is 0 Å². The molecule has 1 heterocycles. The Hall–Kier alpha value is -1.65. The molecule has 1 aromatic carbocycles. The third kappa shape index (κ3) is 7.45. The molecule has 2 rings (SSSR count). The third-order valence-electron chi connectivity index (χ3n) is 6.32. The highest BCUT2D eigenvalue weighted by molar-refractivity contribution is 7.80. The Bertz CT molecular complexity index is 750. The molecule has 0 aliphatic carbocycles. The van der Waals surface area contributed by atoms with Gasteiger partial charge in [-0.05, 0) is 23.5 Å². The van der Waals surface area contributed by atoms with Crippen molar-refractivity contribution in [3.63, 3.8) is 0 Å². The van der Waals surface area contributed by atoms with Gasteiger partial charge in [0.05, 0.1) is 6.04 Å². The van der Waals surface area contributed by atoms with Crippen molar-refractivity contribution in [1.29, 1.82) is 0 Å². The summed E-state index contributed by atoms with van der Waals surface area (Å²) in [5.74, 6) is -0.515. The number of hydrogen-bond donors (Lipinski definition) is 6. The Labute approximate surface area is 196 Å². The Balaban J connectivity index is 2.24. The van der Waals surface area contributed by atoms with Crippen LogP contribution in [-0.2, 0) is 22.6 Å². The fourth-order valence-electron chi connectivity index (χ4n) is 4.03. The SMILES string of the molecule is CC[C@H](C)[C@@H](CN1Cc2ccccc2CC1C(=O)N[C@@H](CCO)C(=O)O)NC[C@@H](N)CS. The number of amides is 1. The second-order valence-electron chi connectivity index (χ2n) is 8.67. The Morgan fingerprint density at radius 3 is 2.59 bits per heavy atom. The molecule has 1 amide bonds. The lowest BCUT2D eigenvalue weighted by molar-refractivity contribution is -0.143. The first-order valence-electron chi connectivity index (χ1n) is 11.3. The van der Waals surface area contributed by atoms with E-state index < -0.39 is 18.1 Å². The van der Waals surface area contributed by atoms with Gasteiger partial charge in [-0.1, -0.05) is 44.5 Å². The highest BCUT2D eigenvalue weighted by atomic mass is 32.1. The molecule has 0 saturated carbocycles. The van der Waals surface area contributed by atoms with Gasteiger partial charge in [0.15, 0.2) is 0 Å². The van der Waals surface area contributed by atoms with Crippen LogP contribution in [0.1, 0.15) is 37.8 Å². The molecule has 0 spiro atoms. The maximum absolute atomic E-state index is 13.2. The van der Waals surface area contributed by atoms with Gasteiger partial charge in [0.2, 0.25) is 5.91 Å². The molecule has 0 radical (unpaired) electrons. The van der Waals surface area contributed by atoms with Gasteiger partial charge in [0.1, 0.15) is 6.04 Å². The maximum atomic E-state index is 13.2. The van der Waals surface area contributed by atoms with Crippen molar-refractivity contribution >= 4 is 24.5 Å². The molecule has 0 fully saturated rings. The van der Waals surface area contributed by atoms with Crippen molar-refractivity contribution in [3.05, 3.63) is 35.4 Å². The second-order valence-corrected chi connectivity index (χ2v) is 9.04. The largest absolute Gasteiger partial charge is 0.480 e. The van der Waals surface area contributed by atoms with Crippen molar-refractivity contribution < 1.29 is 19.8 Å². The number of carbonyl (C=O) groups excluding carboxylic acids is 1. The molecular weight excluding hydrogens is 428 g/mol. The number of aliphatic hydroxyl groups excluding tert-OH is 1. The Kier molecular flexibility index (Phi) is 10.9. The molecule has 1 aliphatic heterocycles. The van der Waals surface area contributed by atoms with Gasteiger partial charge in [0.25, 0.3) is 0 Å². The molecule has 5 atom stereocenters. The number of carbonyl (C=O) groups is 2. The predicted molar refractivity (Wildman–Crippen MR) is 129 cm³/mol. The lowest BCUT2D eigenvalue weighted by Gasteiger charge is -2.40. The molecule has 0 aromatic heterocycles. The lowest BCUT2D eigenvalue weighted by atomic mass is 9.91. The normalized spacial score (nSPS) is 20.1. The van der Waals surface area contributed by atoms with Gasteiger partial charge < -0.3 is 26.6 Å². The van der Waals surface area contributed by atoms with Crippen LogP contribution in [0.2, 0.25) is 0 Å². The van der Waals surface area contributed by atoms with Gasteiger partial charge in [-0.2, -0.15) is 12.6 Å². The fraction of sp³-hybridized carbons (Fsp3) is 0.652.